The molecule has 1 heterocycles. The van der Waals surface area contributed by atoms with Crippen LogP contribution in [0.3, 0.4) is 0 Å². The zero-order chi connectivity index (χ0) is 20.1. The number of Topliss-reactive ketones (excluding diaryl/α,β-unsaturated/α-hetero) is 1. The maximum atomic E-state index is 12.9. The molecule has 0 radical (unpaired) electrons. The second-order valence-electron chi connectivity index (χ2n) is 6.26. The number of nitrogens with one attached hydrogen (secondary N) is 1. The predicted molar refractivity (Wildman–Crippen MR) is 109 cm³/mol. The lowest BCUT2D eigenvalue weighted by Gasteiger charge is -2.18. The average molecular weight is 393 g/mol. The van der Waals surface area contributed by atoms with Crippen molar-refractivity contribution in [1.82, 2.24) is 0 Å². The number of aryl methyl sites for hydroxylation is 1. The van der Waals surface area contributed by atoms with E-state index < -0.39 is 18.0 Å². The van der Waals surface area contributed by atoms with Crippen LogP contribution in [0.2, 0.25) is 0 Å². The molecule has 0 saturated carbocycles. The van der Waals surface area contributed by atoms with Crippen LogP contribution < -0.4 is 5.32 Å². The zero-order valence-corrected chi connectivity index (χ0v) is 16.3. The van der Waals surface area contributed by atoms with Crippen LogP contribution in [0.4, 0.5) is 5.69 Å². The lowest BCUT2D eigenvalue weighted by molar-refractivity contribution is -0.125. The number of carbonyl (C=O) groups excluding carboxylic acids is 3. The van der Waals surface area contributed by atoms with Crippen LogP contribution in [-0.4, -0.2) is 17.7 Å². The number of amides is 1. The number of thiophene rings is 1. The van der Waals surface area contributed by atoms with Gasteiger partial charge in [0.25, 0.3) is 5.91 Å². The van der Waals surface area contributed by atoms with E-state index in [2.05, 4.69) is 5.32 Å². The van der Waals surface area contributed by atoms with Gasteiger partial charge in [-0.3, -0.25) is 9.59 Å². The van der Waals surface area contributed by atoms with Gasteiger partial charge in [0.15, 0.2) is 5.78 Å². The van der Waals surface area contributed by atoms with E-state index in [9.17, 15) is 14.4 Å². The second-order valence-corrected chi connectivity index (χ2v) is 7.17. The third kappa shape index (κ3) is 4.53. The van der Waals surface area contributed by atoms with Crippen LogP contribution in [0.1, 0.15) is 44.2 Å². The Balaban J connectivity index is 1.85. The summed E-state index contributed by atoms with van der Waals surface area (Å²) in [5.74, 6) is -1.14. The first-order valence-corrected chi connectivity index (χ1v) is 9.55. The number of carbonyl (C=O) groups is 3. The van der Waals surface area contributed by atoms with E-state index in [0.29, 0.717) is 21.7 Å². The van der Waals surface area contributed by atoms with Gasteiger partial charge in [-0.2, -0.15) is 0 Å². The third-order valence-electron chi connectivity index (χ3n) is 4.15. The average Bonchev–Trinajstić information content (AvgIpc) is 3.12. The molecule has 1 amide bonds. The molecule has 0 bridgehead atoms. The summed E-state index contributed by atoms with van der Waals surface area (Å²) < 4.78 is 5.57. The smallest absolute Gasteiger partial charge is 0.349 e. The van der Waals surface area contributed by atoms with Crippen LogP contribution in [0.5, 0.6) is 0 Å². The molecule has 1 atom stereocenters. The number of hydrogen-bond donors (Lipinski definition) is 1. The summed E-state index contributed by atoms with van der Waals surface area (Å²) in [5.41, 5.74) is 2.31. The zero-order valence-electron chi connectivity index (χ0n) is 15.5. The predicted octanol–water partition coefficient (Wildman–Crippen LogP) is 4.80. The SMILES string of the molecule is CC(=O)c1cccc(NC(=O)[C@H](OC(=O)c2sccc2C)c2ccccc2)c1. The van der Waals surface area contributed by atoms with Gasteiger partial charge in [0, 0.05) is 16.8 Å². The van der Waals surface area contributed by atoms with Gasteiger partial charge in [0.05, 0.1) is 0 Å². The third-order valence-corrected chi connectivity index (χ3v) is 5.15. The van der Waals surface area contributed by atoms with Crippen molar-refractivity contribution >= 4 is 34.7 Å². The molecule has 28 heavy (non-hydrogen) atoms. The fourth-order valence-electron chi connectivity index (χ4n) is 2.67. The molecule has 6 heteroatoms. The highest BCUT2D eigenvalue weighted by Gasteiger charge is 2.27. The molecule has 0 spiro atoms. The van der Waals surface area contributed by atoms with Crippen LogP contribution in [0, 0.1) is 6.92 Å². The number of hydrogen-bond acceptors (Lipinski definition) is 5. The van der Waals surface area contributed by atoms with Gasteiger partial charge in [-0.05, 0) is 43.0 Å². The summed E-state index contributed by atoms with van der Waals surface area (Å²) in [7, 11) is 0. The molecule has 0 saturated heterocycles. The summed E-state index contributed by atoms with van der Waals surface area (Å²) in [5, 5.41) is 4.54. The highest BCUT2D eigenvalue weighted by molar-refractivity contribution is 7.12. The summed E-state index contributed by atoms with van der Waals surface area (Å²) >= 11 is 1.27. The number of rotatable bonds is 6. The Morgan fingerprint density at radius 3 is 2.39 bits per heavy atom. The summed E-state index contributed by atoms with van der Waals surface area (Å²) in [6, 6.07) is 17.3. The van der Waals surface area contributed by atoms with Crippen LogP contribution in [0.25, 0.3) is 0 Å². The fraction of sp³-hybridized carbons (Fsp3) is 0.136. The Kier molecular flexibility index (Phi) is 6.01. The molecule has 1 N–H and O–H groups in total. The molecule has 3 aromatic rings. The molecule has 3 rings (SSSR count). The van der Waals surface area contributed by atoms with E-state index in [4.69, 9.17) is 4.74 Å². The topological polar surface area (TPSA) is 72.5 Å². The largest absolute Gasteiger partial charge is 0.443 e. The summed E-state index contributed by atoms with van der Waals surface area (Å²) in [6.45, 7) is 3.27. The van der Waals surface area contributed by atoms with Crippen LogP contribution >= 0.6 is 11.3 Å². The number of anilines is 1. The first-order chi connectivity index (χ1) is 13.5. The van der Waals surface area contributed by atoms with Crippen molar-refractivity contribution in [3.63, 3.8) is 0 Å². The minimum absolute atomic E-state index is 0.102. The van der Waals surface area contributed by atoms with Gasteiger partial charge < -0.3 is 10.1 Å². The summed E-state index contributed by atoms with van der Waals surface area (Å²) in [4.78, 5) is 37.5. The quantitative estimate of drug-likeness (QED) is 0.482. The Hall–Kier alpha value is -3.25. The molecular weight excluding hydrogens is 374 g/mol. The molecule has 1 aromatic heterocycles. The molecule has 2 aromatic carbocycles. The maximum absolute atomic E-state index is 12.9. The Morgan fingerprint density at radius 1 is 1.00 bits per heavy atom. The van der Waals surface area contributed by atoms with E-state index in [-0.39, 0.29) is 5.78 Å². The molecule has 0 fully saturated rings. The number of esters is 1. The molecule has 0 aliphatic rings. The van der Waals surface area contributed by atoms with E-state index in [0.717, 1.165) is 5.56 Å². The minimum atomic E-state index is -1.11. The number of ketones is 1. The van der Waals surface area contributed by atoms with Crippen LogP contribution in [0.15, 0.2) is 66.0 Å². The lowest BCUT2D eigenvalue weighted by Crippen LogP contribution is -2.26. The monoisotopic (exact) mass is 393 g/mol. The van der Waals surface area contributed by atoms with E-state index in [1.165, 1.54) is 18.3 Å². The number of benzene rings is 2. The van der Waals surface area contributed by atoms with Crippen molar-refractivity contribution in [2.24, 2.45) is 0 Å². The molecule has 5 nitrogen and oxygen atoms in total. The van der Waals surface area contributed by atoms with Gasteiger partial charge in [0.2, 0.25) is 6.10 Å². The van der Waals surface area contributed by atoms with E-state index >= 15 is 0 Å². The van der Waals surface area contributed by atoms with Crippen molar-refractivity contribution in [2.75, 3.05) is 5.32 Å². The first-order valence-electron chi connectivity index (χ1n) is 8.67. The van der Waals surface area contributed by atoms with Crippen molar-refractivity contribution in [3.05, 3.63) is 87.6 Å². The van der Waals surface area contributed by atoms with Gasteiger partial charge in [-0.25, -0.2) is 4.79 Å². The molecule has 0 aliphatic carbocycles. The Morgan fingerprint density at radius 2 is 1.75 bits per heavy atom. The van der Waals surface area contributed by atoms with Crippen molar-refractivity contribution in [1.29, 1.82) is 0 Å². The van der Waals surface area contributed by atoms with Gasteiger partial charge in [0.1, 0.15) is 4.88 Å². The van der Waals surface area contributed by atoms with Crippen LogP contribution in [-0.2, 0) is 9.53 Å². The fourth-order valence-corrected chi connectivity index (χ4v) is 3.47. The Labute approximate surface area is 167 Å². The van der Waals surface area contributed by atoms with E-state index in [1.54, 1.807) is 53.9 Å². The first kappa shape index (κ1) is 19.5. The standard InChI is InChI=1S/C22H19NO4S/c1-14-11-12-28-20(14)22(26)27-19(16-7-4-3-5-8-16)21(25)23-18-10-6-9-17(13-18)15(2)24/h3-13,19H,1-2H3,(H,23,25)/t19-/m1/s1. The Bertz CT molecular complexity index is 1010. The molecule has 0 unspecified atom stereocenters. The second kappa shape index (κ2) is 8.63. The highest BCUT2D eigenvalue weighted by atomic mass is 32.1. The van der Waals surface area contributed by atoms with Crippen molar-refractivity contribution < 1.29 is 19.1 Å². The summed E-state index contributed by atoms with van der Waals surface area (Å²) in [6.07, 6.45) is -1.11. The van der Waals surface area contributed by atoms with Gasteiger partial charge in [-0.15, -0.1) is 11.3 Å². The van der Waals surface area contributed by atoms with Gasteiger partial charge >= 0.3 is 5.97 Å². The number of ether oxygens (including phenoxy) is 1. The van der Waals surface area contributed by atoms with Crippen molar-refractivity contribution in [3.8, 4) is 0 Å². The van der Waals surface area contributed by atoms with Gasteiger partial charge in [-0.1, -0.05) is 42.5 Å². The van der Waals surface area contributed by atoms with E-state index in [1.807, 2.05) is 19.1 Å². The molecule has 0 aliphatic heterocycles. The maximum Gasteiger partial charge on any atom is 0.349 e. The molecular formula is C22H19NO4S. The highest BCUT2D eigenvalue weighted by Crippen LogP contribution is 2.25. The normalized spacial score (nSPS) is 11.5. The minimum Gasteiger partial charge on any atom is -0.443 e. The lowest BCUT2D eigenvalue weighted by atomic mass is 10.1. The molecule has 142 valence electrons. The van der Waals surface area contributed by atoms with Crippen molar-refractivity contribution in [2.45, 2.75) is 20.0 Å².